The van der Waals surface area contributed by atoms with Gasteiger partial charge in [0.2, 0.25) is 0 Å². The second-order valence-corrected chi connectivity index (χ2v) is 11.7. The minimum absolute atomic E-state index is 0.414. The first kappa shape index (κ1) is 19.9. The van der Waals surface area contributed by atoms with E-state index in [4.69, 9.17) is 14.2 Å². The van der Waals surface area contributed by atoms with Crippen LogP contribution in [0.2, 0.25) is 19.6 Å². The van der Waals surface area contributed by atoms with Gasteiger partial charge in [0, 0.05) is 0 Å². The molecule has 0 unspecified atom stereocenters. The molecule has 2 rings (SSSR count). The minimum Gasteiger partial charge on any atom is -0.497 e. The van der Waals surface area contributed by atoms with Crippen LogP contribution in [0.15, 0.2) is 42.5 Å². The molecule has 2 aromatic rings. The van der Waals surface area contributed by atoms with Crippen molar-refractivity contribution in [1.82, 2.24) is 0 Å². The number of methoxy groups -OCH3 is 2. The Hall–Kier alpha value is -2.42. The third-order valence-electron chi connectivity index (χ3n) is 3.64. The maximum absolute atomic E-state index is 10.3. The van der Waals surface area contributed by atoms with Crippen LogP contribution in [-0.2, 0) is 6.61 Å². The Balaban J connectivity index is 2.10. The summed E-state index contributed by atoms with van der Waals surface area (Å²) in [5, 5.41) is 10.3. The Bertz CT molecular complexity index is 782. The fourth-order valence-electron chi connectivity index (χ4n) is 2.22. The van der Waals surface area contributed by atoms with Gasteiger partial charge in [-0.05, 0) is 35.4 Å². The maximum atomic E-state index is 10.3. The van der Waals surface area contributed by atoms with Gasteiger partial charge in [0.1, 0.15) is 26.5 Å². The summed E-state index contributed by atoms with van der Waals surface area (Å²) in [5.41, 5.74) is 4.91. The van der Waals surface area contributed by atoms with Gasteiger partial charge in [-0.15, -0.1) is 5.54 Å². The van der Waals surface area contributed by atoms with E-state index in [0.717, 1.165) is 11.3 Å². The van der Waals surface area contributed by atoms with Crippen LogP contribution in [-0.4, -0.2) is 27.4 Å². The summed E-state index contributed by atoms with van der Waals surface area (Å²) in [4.78, 5) is 0. The number of hydrogen-bond donors (Lipinski definition) is 1. The molecule has 0 saturated carbocycles. The molecule has 0 radical (unpaired) electrons. The lowest BCUT2D eigenvalue weighted by atomic mass is 10.1. The van der Waals surface area contributed by atoms with E-state index in [1.54, 1.807) is 26.4 Å². The molecule has 0 aliphatic heterocycles. The van der Waals surface area contributed by atoms with Crippen LogP contribution in [0.4, 0.5) is 0 Å². The Kier molecular flexibility index (Phi) is 6.73. The summed E-state index contributed by atoms with van der Waals surface area (Å²) < 4.78 is 16.4. The first-order chi connectivity index (χ1) is 12.3. The van der Waals surface area contributed by atoms with Crippen molar-refractivity contribution < 1.29 is 19.3 Å². The van der Waals surface area contributed by atoms with Gasteiger partial charge in [0.15, 0.2) is 11.5 Å². The predicted octanol–water partition coefficient (Wildman–Crippen LogP) is 4.20. The fraction of sp³-hybridized carbons (Fsp3) is 0.333. The van der Waals surface area contributed by atoms with Crippen LogP contribution >= 0.6 is 0 Å². The second-order valence-electron chi connectivity index (χ2n) is 6.97. The number of rotatable bonds is 6. The molecular weight excluding hydrogens is 344 g/mol. The van der Waals surface area contributed by atoms with Crippen molar-refractivity contribution >= 4 is 8.07 Å². The lowest BCUT2D eigenvalue weighted by molar-refractivity contribution is 0.236. The van der Waals surface area contributed by atoms with Gasteiger partial charge in [-0.2, -0.15) is 0 Å². The number of aliphatic hydroxyl groups excluding tert-OH is 1. The molecule has 0 fully saturated rings. The highest BCUT2D eigenvalue weighted by Crippen LogP contribution is 2.31. The average molecular weight is 371 g/mol. The van der Waals surface area contributed by atoms with Crippen LogP contribution in [0, 0.1) is 11.5 Å². The number of hydrogen-bond acceptors (Lipinski definition) is 4. The Morgan fingerprint density at radius 2 is 1.65 bits per heavy atom. The van der Waals surface area contributed by atoms with Gasteiger partial charge in [-0.3, -0.25) is 0 Å². The predicted molar refractivity (Wildman–Crippen MR) is 106 cm³/mol. The summed E-state index contributed by atoms with van der Waals surface area (Å²) in [5.74, 6) is 4.94. The molecule has 0 bridgehead atoms. The molecule has 0 spiro atoms. The Morgan fingerprint density at radius 3 is 2.23 bits per heavy atom. The first-order valence-electron chi connectivity index (χ1n) is 8.47. The van der Waals surface area contributed by atoms with Crippen LogP contribution in [0.5, 0.6) is 17.2 Å². The zero-order valence-electron chi connectivity index (χ0n) is 16.0. The molecule has 0 saturated heterocycles. The van der Waals surface area contributed by atoms with Crippen molar-refractivity contribution in [3.8, 4) is 28.7 Å². The van der Waals surface area contributed by atoms with Crippen LogP contribution in [0.1, 0.15) is 17.2 Å². The van der Waals surface area contributed by atoms with E-state index in [9.17, 15) is 5.11 Å². The Labute approximate surface area is 156 Å². The van der Waals surface area contributed by atoms with E-state index in [-0.39, 0.29) is 0 Å². The molecule has 1 atom stereocenters. The monoisotopic (exact) mass is 370 g/mol. The summed E-state index contributed by atoms with van der Waals surface area (Å²) in [7, 11) is 1.69. The highest BCUT2D eigenvalue weighted by Gasteiger charge is 2.13. The smallest absolute Gasteiger partial charge is 0.161 e. The van der Waals surface area contributed by atoms with Gasteiger partial charge < -0.3 is 19.3 Å². The van der Waals surface area contributed by atoms with Gasteiger partial charge in [0.25, 0.3) is 0 Å². The molecule has 138 valence electrons. The van der Waals surface area contributed by atoms with Crippen LogP contribution in [0.3, 0.4) is 0 Å². The van der Waals surface area contributed by atoms with Crippen molar-refractivity contribution in [1.29, 1.82) is 0 Å². The van der Waals surface area contributed by atoms with Crippen molar-refractivity contribution in [2.24, 2.45) is 0 Å². The van der Waals surface area contributed by atoms with Crippen LogP contribution in [0.25, 0.3) is 0 Å². The normalized spacial score (nSPS) is 11.9. The largest absolute Gasteiger partial charge is 0.497 e. The zero-order chi connectivity index (χ0) is 19.2. The lowest BCUT2D eigenvalue weighted by Crippen LogP contribution is -2.16. The number of benzene rings is 2. The number of aliphatic hydroxyl groups is 1. The molecule has 0 heterocycles. The summed E-state index contributed by atoms with van der Waals surface area (Å²) >= 11 is 0. The Morgan fingerprint density at radius 1 is 0.962 bits per heavy atom. The van der Waals surface area contributed by atoms with E-state index in [1.165, 1.54) is 0 Å². The van der Waals surface area contributed by atoms with Gasteiger partial charge in [0.05, 0.1) is 14.2 Å². The fourth-order valence-corrected chi connectivity index (χ4v) is 2.79. The quantitative estimate of drug-likeness (QED) is 0.612. The average Bonchev–Trinajstić information content (AvgIpc) is 2.64. The highest BCUT2D eigenvalue weighted by molar-refractivity contribution is 6.83. The SMILES string of the molecule is COc1ccc(COc2ccc([C@@H](O)C#C[Si](C)(C)C)cc2OC)cc1. The van der Waals surface area contributed by atoms with E-state index >= 15 is 0 Å². The highest BCUT2D eigenvalue weighted by atomic mass is 28.3. The molecule has 0 aliphatic rings. The second kappa shape index (κ2) is 8.79. The molecular formula is C21H26O4Si. The van der Waals surface area contributed by atoms with E-state index < -0.39 is 14.2 Å². The van der Waals surface area contributed by atoms with Gasteiger partial charge in [-0.25, -0.2) is 0 Å². The van der Waals surface area contributed by atoms with Crippen molar-refractivity contribution in [2.75, 3.05) is 14.2 Å². The minimum atomic E-state index is -1.53. The molecule has 1 N–H and O–H groups in total. The molecule has 5 heteroatoms. The van der Waals surface area contributed by atoms with E-state index in [1.807, 2.05) is 30.3 Å². The third kappa shape index (κ3) is 5.83. The standard InChI is InChI=1S/C21H26O4Si/c1-23-18-9-6-16(7-10-18)15-25-20-11-8-17(14-21(20)24-2)19(22)12-13-26(3,4)5/h6-11,14,19,22H,15H2,1-5H3/t19-/m0/s1. The zero-order valence-corrected chi connectivity index (χ0v) is 17.0. The van der Waals surface area contributed by atoms with E-state index in [0.29, 0.717) is 23.7 Å². The van der Waals surface area contributed by atoms with Crippen molar-refractivity contribution in [3.63, 3.8) is 0 Å². The topological polar surface area (TPSA) is 47.9 Å². The molecule has 0 amide bonds. The lowest BCUT2D eigenvalue weighted by Gasteiger charge is -2.14. The van der Waals surface area contributed by atoms with E-state index in [2.05, 4.69) is 31.1 Å². The number of ether oxygens (including phenoxy) is 3. The van der Waals surface area contributed by atoms with Crippen molar-refractivity contribution in [2.45, 2.75) is 32.4 Å². The molecule has 0 aliphatic carbocycles. The van der Waals surface area contributed by atoms with Gasteiger partial charge >= 0.3 is 0 Å². The molecule has 2 aromatic carbocycles. The maximum Gasteiger partial charge on any atom is 0.161 e. The molecule has 26 heavy (non-hydrogen) atoms. The molecule has 4 nitrogen and oxygen atoms in total. The van der Waals surface area contributed by atoms with Gasteiger partial charge in [-0.1, -0.05) is 43.8 Å². The van der Waals surface area contributed by atoms with Crippen molar-refractivity contribution in [3.05, 3.63) is 53.6 Å². The first-order valence-corrected chi connectivity index (χ1v) is 12.0. The van der Waals surface area contributed by atoms with Crippen LogP contribution < -0.4 is 14.2 Å². The summed E-state index contributed by atoms with van der Waals surface area (Å²) in [6.07, 6.45) is -0.828. The molecule has 0 aromatic heterocycles. The summed E-state index contributed by atoms with van der Waals surface area (Å²) in [6, 6.07) is 13.1. The third-order valence-corrected chi connectivity index (χ3v) is 4.54. The summed E-state index contributed by atoms with van der Waals surface area (Å²) in [6.45, 7) is 6.84.